The molecule has 1 nitrogen and oxygen atoms in total. The van der Waals surface area contributed by atoms with Gasteiger partial charge in [0.15, 0.2) is 0 Å². The van der Waals surface area contributed by atoms with Crippen molar-refractivity contribution in [2.75, 3.05) is 19.6 Å². The van der Waals surface area contributed by atoms with Gasteiger partial charge in [-0.1, -0.05) is 55.0 Å². The summed E-state index contributed by atoms with van der Waals surface area (Å²) in [6, 6.07) is 18.1. The van der Waals surface area contributed by atoms with E-state index < -0.39 is 0 Å². The standard InChI is InChI=1S/C20H23N/c1-6-12-21(13-7-1)15-20-18-10-4-2-8-16(18)14-17-9-3-5-11-19(17)20/h2-5,8-11,20H,1,6-7,12-15H2. The Morgan fingerprint density at radius 1 is 0.762 bits per heavy atom. The lowest BCUT2D eigenvalue weighted by molar-refractivity contribution is 0.222. The van der Waals surface area contributed by atoms with Crippen LogP contribution in [-0.2, 0) is 6.42 Å². The van der Waals surface area contributed by atoms with Gasteiger partial charge in [-0.15, -0.1) is 0 Å². The summed E-state index contributed by atoms with van der Waals surface area (Å²) in [5.74, 6) is 0.559. The van der Waals surface area contributed by atoms with E-state index in [4.69, 9.17) is 0 Å². The maximum absolute atomic E-state index is 2.67. The lowest BCUT2D eigenvalue weighted by Crippen LogP contribution is -2.35. The smallest absolute Gasteiger partial charge is 0.0222 e. The van der Waals surface area contributed by atoms with Crippen LogP contribution in [0.5, 0.6) is 0 Å². The molecule has 1 saturated heterocycles. The summed E-state index contributed by atoms with van der Waals surface area (Å²) in [5, 5.41) is 0. The predicted octanol–water partition coefficient (Wildman–Crippen LogP) is 4.21. The van der Waals surface area contributed by atoms with Crippen LogP contribution >= 0.6 is 0 Å². The molecule has 0 aromatic heterocycles. The van der Waals surface area contributed by atoms with Gasteiger partial charge in [-0.05, 0) is 54.6 Å². The molecule has 0 radical (unpaired) electrons. The summed E-state index contributed by atoms with van der Waals surface area (Å²) in [6.07, 6.45) is 5.25. The van der Waals surface area contributed by atoms with E-state index in [2.05, 4.69) is 53.4 Å². The summed E-state index contributed by atoms with van der Waals surface area (Å²) in [6.45, 7) is 3.75. The zero-order valence-electron chi connectivity index (χ0n) is 12.6. The van der Waals surface area contributed by atoms with Gasteiger partial charge in [0.1, 0.15) is 0 Å². The van der Waals surface area contributed by atoms with Crippen LogP contribution < -0.4 is 0 Å². The second-order valence-electron chi connectivity index (χ2n) is 6.49. The lowest BCUT2D eigenvalue weighted by Gasteiger charge is -2.34. The van der Waals surface area contributed by atoms with Crippen molar-refractivity contribution in [2.45, 2.75) is 31.6 Å². The highest BCUT2D eigenvalue weighted by Gasteiger charge is 2.27. The SMILES string of the molecule is c1ccc2c(c1)Cc1ccccc1C2CN1CCCCC1. The summed E-state index contributed by atoms with van der Waals surface area (Å²) < 4.78 is 0. The van der Waals surface area contributed by atoms with Crippen molar-refractivity contribution in [1.29, 1.82) is 0 Å². The molecule has 0 amide bonds. The molecule has 2 aromatic rings. The molecule has 0 unspecified atom stereocenters. The number of benzene rings is 2. The first-order valence-corrected chi connectivity index (χ1v) is 8.30. The highest BCUT2D eigenvalue weighted by Crippen LogP contribution is 2.37. The fourth-order valence-electron chi connectivity index (χ4n) is 4.04. The Kier molecular flexibility index (Phi) is 3.52. The molecule has 0 saturated carbocycles. The van der Waals surface area contributed by atoms with Crippen LogP contribution in [0.3, 0.4) is 0 Å². The van der Waals surface area contributed by atoms with E-state index in [-0.39, 0.29) is 0 Å². The number of rotatable bonds is 2. The van der Waals surface area contributed by atoms with Crippen LogP contribution in [0.25, 0.3) is 0 Å². The molecule has 0 N–H and O–H groups in total. The fourth-order valence-corrected chi connectivity index (χ4v) is 4.04. The van der Waals surface area contributed by atoms with Crippen LogP contribution in [-0.4, -0.2) is 24.5 Å². The Hall–Kier alpha value is -1.60. The van der Waals surface area contributed by atoms with Crippen LogP contribution in [0.4, 0.5) is 0 Å². The maximum Gasteiger partial charge on any atom is 0.0222 e. The number of fused-ring (bicyclic) bond motifs is 2. The molecule has 2 aromatic carbocycles. The van der Waals surface area contributed by atoms with Crippen LogP contribution in [0, 0.1) is 0 Å². The molecule has 1 heterocycles. The zero-order valence-corrected chi connectivity index (χ0v) is 12.6. The Morgan fingerprint density at radius 3 is 1.95 bits per heavy atom. The van der Waals surface area contributed by atoms with E-state index >= 15 is 0 Å². The topological polar surface area (TPSA) is 3.24 Å². The average molecular weight is 277 g/mol. The molecule has 1 aliphatic carbocycles. The molecule has 108 valence electrons. The van der Waals surface area contributed by atoms with E-state index in [1.165, 1.54) is 50.0 Å². The number of likely N-dealkylation sites (tertiary alicyclic amines) is 1. The monoisotopic (exact) mass is 277 g/mol. The molecule has 21 heavy (non-hydrogen) atoms. The molecule has 2 aliphatic rings. The van der Waals surface area contributed by atoms with Gasteiger partial charge < -0.3 is 4.90 Å². The Morgan fingerprint density at radius 2 is 1.33 bits per heavy atom. The van der Waals surface area contributed by atoms with Crippen LogP contribution in [0.2, 0.25) is 0 Å². The summed E-state index contributed by atoms with van der Waals surface area (Å²) in [4.78, 5) is 2.67. The third-order valence-corrected chi connectivity index (χ3v) is 5.13. The molecule has 1 aliphatic heterocycles. The number of hydrogen-bond donors (Lipinski definition) is 0. The van der Waals surface area contributed by atoms with Crippen molar-refractivity contribution < 1.29 is 0 Å². The van der Waals surface area contributed by atoms with E-state index in [9.17, 15) is 0 Å². The van der Waals surface area contributed by atoms with Gasteiger partial charge in [0.25, 0.3) is 0 Å². The minimum absolute atomic E-state index is 0.559. The average Bonchev–Trinajstić information content (AvgIpc) is 2.55. The zero-order chi connectivity index (χ0) is 14.1. The highest BCUT2D eigenvalue weighted by atomic mass is 15.1. The molecule has 0 bridgehead atoms. The highest BCUT2D eigenvalue weighted by molar-refractivity contribution is 5.49. The van der Waals surface area contributed by atoms with E-state index in [0.717, 1.165) is 6.42 Å². The molecule has 0 spiro atoms. The number of hydrogen-bond acceptors (Lipinski definition) is 1. The van der Waals surface area contributed by atoms with E-state index in [0.29, 0.717) is 5.92 Å². The molecule has 1 fully saturated rings. The van der Waals surface area contributed by atoms with E-state index in [1.807, 2.05) is 0 Å². The summed E-state index contributed by atoms with van der Waals surface area (Å²) in [7, 11) is 0. The van der Waals surface area contributed by atoms with Crippen molar-refractivity contribution in [3.8, 4) is 0 Å². The fraction of sp³-hybridized carbons (Fsp3) is 0.400. The van der Waals surface area contributed by atoms with Gasteiger partial charge in [0.05, 0.1) is 0 Å². The van der Waals surface area contributed by atoms with Crippen molar-refractivity contribution in [3.05, 3.63) is 70.8 Å². The Balaban J connectivity index is 1.70. The van der Waals surface area contributed by atoms with Crippen LogP contribution in [0.1, 0.15) is 47.4 Å². The third kappa shape index (κ3) is 2.51. The second kappa shape index (κ2) is 5.65. The second-order valence-corrected chi connectivity index (χ2v) is 6.49. The quantitative estimate of drug-likeness (QED) is 0.795. The van der Waals surface area contributed by atoms with E-state index in [1.54, 1.807) is 11.1 Å². The molecule has 0 atom stereocenters. The van der Waals surface area contributed by atoms with Crippen molar-refractivity contribution in [2.24, 2.45) is 0 Å². The minimum atomic E-state index is 0.559. The van der Waals surface area contributed by atoms with Crippen LogP contribution in [0.15, 0.2) is 48.5 Å². The predicted molar refractivity (Wildman–Crippen MR) is 87.8 cm³/mol. The number of nitrogens with zero attached hydrogens (tertiary/aromatic N) is 1. The van der Waals surface area contributed by atoms with Gasteiger partial charge in [-0.3, -0.25) is 0 Å². The van der Waals surface area contributed by atoms with Gasteiger partial charge in [-0.25, -0.2) is 0 Å². The van der Waals surface area contributed by atoms with Gasteiger partial charge in [0, 0.05) is 12.5 Å². The van der Waals surface area contributed by atoms with Crippen molar-refractivity contribution >= 4 is 0 Å². The third-order valence-electron chi connectivity index (χ3n) is 5.13. The lowest BCUT2D eigenvalue weighted by atomic mass is 9.78. The van der Waals surface area contributed by atoms with Gasteiger partial charge >= 0.3 is 0 Å². The Labute approximate surface area is 127 Å². The number of piperidine rings is 1. The Bertz CT molecular complexity index is 580. The van der Waals surface area contributed by atoms with Crippen molar-refractivity contribution in [3.63, 3.8) is 0 Å². The minimum Gasteiger partial charge on any atom is -0.302 e. The largest absolute Gasteiger partial charge is 0.302 e. The summed E-state index contributed by atoms with van der Waals surface area (Å²) in [5.41, 5.74) is 6.17. The first-order valence-electron chi connectivity index (χ1n) is 8.30. The maximum atomic E-state index is 2.67. The van der Waals surface area contributed by atoms with Gasteiger partial charge in [-0.2, -0.15) is 0 Å². The first kappa shape index (κ1) is 13.1. The van der Waals surface area contributed by atoms with Gasteiger partial charge in [0.2, 0.25) is 0 Å². The molecular weight excluding hydrogens is 254 g/mol. The molecular formula is C20H23N. The molecule has 1 heteroatoms. The van der Waals surface area contributed by atoms with Crippen molar-refractivity contribution in [1.82, 2.24) is 4.90 Å². The normalized spacial score (nSPS) is 19.0. The summed E-state index contributed by atoms with van der Waals surface area (Å²) >= 11 is 0. The first-order chi connectivity index (χ1) is 10.4. The molecule has 4 rings (SSSR count).